The Morgan fingerprint density at radius 1 is 1.22 bits per heavy atom. The number of hydrogen-bond donors (Lipinski definition) is 0. The Labute approximate surface area is 140 Å². The highest BCUT2D eigenvalue weighted by Crippen LogP contribution is 2.25. The predicted octanol–water partition coefficient (Wildman–Crippen LogP) is 4.60. The Hall–Kier alpha value is -1.36. The zero-order valence-corrected chi connectivity index (χ0v) is 15.1. The molecule has 1 aliphatic carbocycles. The van der Waals surface area contributed by atoms with Crippen LogP contribution in [0.25, 0.3) is 0 Å². The lowest BCUT2D eigenvalue weighted by Gasteiger charge is -2.19. The van der Waals surface area contributed by atoms with Crippen molar-refractivity contribution in [2.75, 3.05) is 0 Å². The first-order valence-corrected chi connectivity index (χ1v) is 9.98. The van der Waals surface area contributed by atoms with Crippen molar-refractivity contribution < 1.29 is 12.7 Å². The molecule has 1 saturated carbocycles. The van der Waals surface area contributed by atoms with E-state index in [-0.39, 0.29) is 0 Å². The van der Waals surface area contributed by atoms with Crippen LogP contribution in [0.5, 0.6) is 0 Å². The van der Waals surface area contributed by atoms with Crippen molar-refractivity contribution in [1.29, 1.82) is 0 Å². The van der Waals surface area contributed by atoms with Crippen LogP contribution in [0.15, 0.2) is 29.4 Å². The first-order valence-electron chi connectivity index (χ1n) is 8.51. The highest BCUT2D eigenvalue weighted by Gasteiger charge is 2.29. The third-order valence-electron chi connectivity index (χ3n) is 4.75. The zero-order valence-electron chi connectivity index (χ0n) is 14.3. The van der Waals surface area contributed by atoms with Gasteiger partial charge in [-0.25, -0.2) is 0 Å². The van der Waals surface area contributed by atoms with E-state index in [9.17, 15) is 8.42 Å². The van der Waals surface area contributed by atoms with Crippen LogP contribution >= 0.6 is 0 Å². The third-order valence-corrected chi connectivity index (χ3v) is 6.32. The van der Waals surface area contributed by atoms with Crippen molar-refractivity contribution in [2.24, 2.45) is 5.16 Å². The summed E-state index contributed by atoms with van der Waals surface area (Å²) >= 11 is 0. The molecule has 0 heterocycles. The maximum absolute atomic E-state index is 12.2. The molecule has 1 aliphatic rings. The summed E-state index contributed by atoms with van der Waals surface area (Å²) < 4.78 is 29.3. The minimum Gasteiger partial charge on any atom is -0.268 e. The largest absolute Gasteiger partial charge is 0.331 e. The smallest absolute Gasteiger partial charge is 0.268 e. The van der Waals surface area contributed by atoms with Gasteiger partial charge in [0.1, 0.15) is 0 Å². The SMILES string of the molecule is CCC(C)c1ccc(C(C)=NOS(=O)(=O)C2CCCCC2)cc1. The molecule has 1 fully saturated rings. The molecule has 23 heavy (non-hydrogen) atoms. The maximum Gasteiger partial charge on any atom is 0.331 e. The molecular formula is C18H27NO3S. The average molecular weight is 337 g/mol. The van der Waals surface area contributed by atoms with E-state index in [2.05, 4.69) is 31.1 Å². The fourth-order valence-electron chi connectivity index (χ4n) is 2.86. The Kier molecular flexibility index (Phi) is 6.22. The fraction of sp³-hybridized carbons (Fsp3) is 0.611. The lowest BCUT2D eigenvalue weighted by Crippen LogP contribution is -2.24. The summed E-state index contributed by atoms with van der Waals surface area (Å²) in [5.41, 5.74) is 2.75. The number of hydrogen-bond acceptors (Lipinski definition) is 4. The maximum atomic E-state index is 12.2. The van der Waals surface area contributed by atoms with Gasteiger partial charge < -0.3 is 0 Å². The van der Waals surface area contributed by atoms with Gasteiger partial charge in [0.25, 0.3) is 0 Å². The fourth-order valence-corrected chi connectivity index (χ4v) is 4.11. The van der Waals surface area contributed by atoms with Crippen molar-refractivity contribution in [2.45, 2.75) is 70.5 Å². The normalized spacial score (nSPS) is 18.7. The van der Waals surface area contributed by atoms with E-state index in [1.54, 1.807) is 6.92 Å². The van der Waals surface area contributed by atoms with Gasteiger partial charge in [0, 0.05) is 0 Å². The lowest BCUT2D eigenvalue weighted by molar-refractivity contribution is 0.320. The summed E-state index contributed by atoms with van der Waals surface area (Å²) in [5, 5.41) is 3.46. The van der Waals surface area contributed by atoms with Gasteiger partial charge in [-0.3, -0.25) is 4.28 Å². The molecule has 0 spiro atoms. The first kappa shape index (κ1) is 18.0. The van der Waals surface area contributed by atoms with Gasteiger partial charge in [-0.2, -0.15) is 8.42 Å². The van der Waals surface area contributed by atoms with E-state index in [1.807, 2.05) is 12.1 Å². The van der Waals surface area contributed by atoms with Crippen LogP contribution in [0.2, 0.25) is 0 Å². The molecule has 0 aromatic heterocycles. The average Bonchev–Trinajstić information content (AvgIpc) is 2.60. The molecule has 1 aromatic rings. The van der Waals surface area contributed by atoms with Gasteiger partial charge >= 0.3 is 10.1 Å². The Morgan fingerprint density at radius 3 is 2.39 bits per heavy atom. The Balaban J connectivity index is 2.04. The molecule has 1 unspecified atom stereocenters. The second kappa shape index (κ2) is 7.95. The summed E-state index contributed by atoms with van der Waals surface area (Å²) in [5.74, 6) is 0.518. The molecule has 4 nitrogen and oxygen atoms in total. The Morgan fingerprint density at radius 2 is 1.83 bits per heavy atom. The first-order chi connectivity index (χ1) is 10.9. The van der Waals surface area contributed by atoms with Crippen molar-refractivity contribution in [3.05, 3.63) is 35.4 Å². The molecule has 0 bridgehead atoms. The van der Waals surface area contributed by atoms with Gasteiger partial charge in [-0.15, -0.1) is 0 Å². The summed E-state index contributed by atoms with van der Waals surface area (Å²) in [6.07, 6.45) is 5.47. The molecule has 2 rings (SSSR count). The molecular weight excluding hydrogens is 310 g/mol. The second-order valence-electron chi connectivity index (χ2n) is 6.44. The number of rotatable bonds is 6. The topological polar surface area (TPSA) is 55.7 Å². The minimum absolute atomic E-state index is 0.402. The quantitative estimate of drug-likeness (QED) is 0.563. The van der Waals surface area contributed by atoms with Crippen molar-refractivity contribution in [3.63, 3.8) is 0 Å². The highest BCUT2D eigenvalue weighted by molar-refractivity contribution is 7.87. The second-order valence-corrected chi connectivity index (χ2v) is 8.24. The van der Waals surface area contributed by atoms with E-state index in [1.165, 1.54) is 5.56 Å². The van der Waals surface area contributed by atoms with Crippen LogP contribution in [0, 0.1) is 0 Å². The number of benzene rings is 1. The van der Waals surface area contributed by atoms with E-state index < -0.39 is 15.4 Å². The Bertz CT molecular complexity index is 629. The van der Waals surface area contributed by atoms with Crippen LogP contribution in [0.1, 0.15) is 76.3 Å². The van der Waals surface area contributed by atoms with E-state index >= 15 is 0 Å². The van der Waals surface area contributed by atoms with Crippen LogP contribution in [0.4, 0.5) is 0 Å². The van der Waals surface area contributed by atoms with Crippen LogP contribution in [-0.4, -0.2) is 19.4 Å². The van der Waals surface area contributed by atoms with Gasteiger partial charge in [-0.1, -0.05) is 62.5 Å². The van der Waals surface area contributed by atoms with Gasteiger partial charge in [0.05, 0.1) is 11.0 Å². The summed E-state index contributed by atoms with van der Waals surface area (Å²) in [6, 6.07) is 8.07. The van der Waals surface area contributed by atoms with Gasteiger partial charge in [-0.05, 0) is 43.2 Å². The van der Waals surface area contributed by atoms with E-state index in [4.69, 9.17) is 4.28 Å². The number of nitrogens with zero attached hydrogens (tertiary/aromatic N) is 1. The molecule has 1 aromatic carbocycles. The molecule has 0 aliphatic heterocycles. The highest BCUT2D eigenvalue weighted by atomic mass is 32.2. The zero-order chi connectivity index (χ0) is 16.9. The predicted molar refractivity (Wildman–Crippen MR) is 94.2 cm³/mol. The molecule has 1 atom stereocenters. The van der Waals surface area contributed by atoms with Gasteiger partial charge in [0.2, 0.25) is 0 Å². The molecule has 0 radical (unpaired) electrons. The molecule has 0 saturated heterocycles. The van der Waals surface area contributed by atoms with Crippen molar-refractivity contribution in [1.82, 2.24) is 0 Å². The number of oxime groups is 1. The standard InChI is InChI=1S/C18H27NO3S/c1-4-14(2)16-10-12-17(13-11-16)15(3)19-22-23(20,21)18-8-6-5-7-9-18/h10-14,18H,4-9H2,1-3H3. The van der Waals surface area contributed by atoms with E-state index in [0.717, 1.165) is 31.2 Å². The molecule has 0 amide bonds. The van der Waals surface area contributed by atoms with Crippen LogP contribution in [0.3, 0.4) is 0 Å². The molecule has 0 N–H and O–H groups in total. The lowest BCUT2D eigenvalue weighted by atomic mass is 9.97. The monoisotopic (exact) mass is 337 g/mol. The van der Waals surface area contributed by atoms with E-state index in [0.29, 0.717) is 24.5 Å². The summed E-state index contributed by atoms with van der Waals surface area (Å²) in [4.78, 5) is 0. The third kappa shape index (κ3) is 4.80. The van der Waals surface area contributed by atoms with Crippen molar-refractivity contribution >= 4 is 15.8 Å². The van der Waals surface area contributed by atoms with Crippen molar-refractivity contribution in [3.8, 4) is 0 Å². The van der Waals surface area contributed by atoms with Crippen LogP contribution in [-0.2, 0) is 14.4 Å². The summed E-state index contributed by atoms with van der Waals surface area (Å²) in [7, 11) is -3.60. The molecule has 5 heteroatoms. The molecule has 128 valence electrons. The van der Waals surface area contributed by atoms with Gasteiger partial charge in [0.15, 0.2) is 0 Å². The minimum atomic E-state index is -3.60. The summed E-state index contributed by atoms with van der Waals surface area (Å²) in [6.45, 7) is 6.12. The van der Waals surface area contributed by atoms with Crippen LogP contribution < -0.4 is 0 Å².